The highest BCUT2D eigenvalue weighted by Crippen LogP contribution is 2.29. The standard InChI is InChI=1S/C18H27N3O5/c1-11-16(26-12(2)19-11)17(22)20-14-10-13(4-5-15(14)24-3)18(23)21-6-8-25-9-7-21/h13-15H,4-10H2,1-3H3,(H,20,22). The molecule has 2 amide bonds. The minimum atomic E-state index is -0.311. The minimum absolute atomic E-state index is 0.109. The van der Waals surface area contributed by atoms with Crippen LogP contribution in [-0.2, 0) is 14.3 Å². The minimum Gasteiger partial charge on any atom is -0.436 e. The summed E-state index contributed by atoms with van der Waals surface area (Å²) in [5.74, 6) is 0.407. The van der Waals surface area contributed by atoms with E-state index in [1.54, 1.807) is 21.0 Å². The van der Waals surface area contributed by atoms with Gasteiger partial charge in [0.1, 0.15) is 0 Å². The van der Waals surface area contributed by atoms with E-state index in [0.717, 1.165) is 12.8 Å². The molecule has 1 N–H and O–H groups in total. The summed E-state index contributed by atoms with van der Waals surface area (Å²) in [6.07, 6.45) is 1.95. The predicted molar refractivity (Wildman–Crippen MR) is 92.8 cm³/mol. The van der Waals surface area contributed by atoms with Crippen molar-refractivity contribution in [2.75, 3.05) is 33.4 Å². The normalized spacial score (nSPS) is 26.6. The van der Waals surface area contributed by atoms with Crippen LogP contribution in [0.25, 0.3) is 0 Å². The molecule has 144 valence electrons. The number of carbonyl (C=O) groups is 2. The number of ether oxygens (including phenoxy) is 2. The summed E-state index contributed by atoms with van der Waals surface area (Å²) in [4.78, 5) is 31.4. The van der Waals surface area contributed by atoms with Crippen LogP contribution in [0.15, 0.2) is 4.42 Å². The first-order valence-corrected chi connectivity index (χ1v) is 9.13. The van der Waals surface area contributed by atoms with Crippen molar-refractivity contribution in [2.24, 2.45) is 5.92 Å². The molecule has 3 atom stereocenters. The van der Waals surface area contributed by atoms with E-state index < -0.39 is 0 Å². The van der Waals surface area contributed by atoms with E-state index in [1.165, 1.54) is 0 Å². The Labute approximate surface area is 153 Å². The van der Waals surface area contributed by atoms with Gasteiger partial charge in [-0.25, -0.2) is 4.98 Å². The molecule has 3 unspecified atom stereocenters. The molecule has 0 bridgehead atoms. The van der Waals surface area contributed by atoms with Gasteiger partial charge in [-0.2, -0.15) is 0 Å². The average Bonchev–Trinajstić information content (AvgIpc) is 3.00. The first-order chi connectivity index (χ1) is 12.5. The largest absolute Gasteiger partial charge is 0.436 e. The van der Waals surface area contributed by atoms with E-state index in [0.29, 0.717) is 44.3 Å². The van der Waals surface area contributed by atoms with Crippen LogP contribution in [0.4, 0.5) is 0 Å². The first kappa shape index (κ1) is 18.8. The van der Waals surface area contributed by atoms with Gasteiger partial charge < -0.3 is 24.1 Å². The molecule has 3 rings (SSSR count). The predicted octanol–water partition coefficient (Wildman–Crippen LogP) is 1.06. The van der Waals surface area contributed by atoms with Crippen molar-refractivity contribution >= 4 is 11.8 Å². The Morgan fingerprint density at radius 2 is 1.96 bits per heavy atom. The number of aryl methyl sites for hydroxylation is 2. The third-order valence-corrected chi connectivity index (χ3v) is 5.19. The number of amides is 2. The van der Waals surface area contributed by atoms with Crippen LogP contribution in [0.3, 0.4) is 0 Å². The van der Waals surface area contributed by atoms with Gasteiger partial charge in [0.15, 0.2) is 5.89 Å². The molecule has 1 aliphatic heterocycles. The highest BCUT2D eigenvalue weighted by molar-refractivity contribution is 5.92. The van der Waals surface area contributed by atoms with Crippen molar-refractivity contribution in [2.45, 2.75) is 45.3 Å². The summed E-state index contributed by atoms with van der Waals surface area (Å²) in [5, 5.41) is 2.98. The molecule has 2 aliphatic rings. The second-order valence-electron chi connectivity index (χ2n) is 6.95. The van der Waals surface area contributed by atoms with Gasteiger partial charge >= 0.3 is 0 Å². The lowest BCUT2D eigenvalue weighted by molar-refractivity contribution is -0.142. The van der Waals surface area contributed by atoms with Crippen LogP contribution in [0.1, 0.15) is 41.4 Å². The molecule has 1 aromatic rings. The second kappa shape index (κ2) is 8.18. The number of oxazole rings is 1. The summed E-state index contributed by atoms with van der Waals surface area (Å²) in [6.45, 7) is 5.89. The number of morpholine rings is 1. The molecule has 0 radical (unpaired) electrons. The van der Waals surface area contributed by atoms with Crippen LogP contribution >= 0.6 is 0 Å². The molecule has 2 heterocycles. The number of carbonyl (C=O) groups excluding carboxylic acids is 2. The molecule has 1 saturated carbocycles. The van der Waals surface area contributed by atoms with Crippen molar-refractivity contribution in [1.29, 1.82) is 0 Å². The molecule has 8 heteroatoms. The summed E-state index contributed by atoms with van der Waals surface area (Å²) < 4.78 is 16.3. The van der Waals surface area contributed by atoms with E-state index in [-0.39, 0.29) is 35.6 Å². The molecule has 1 saturated heterocycles. The Kier molecular flexibility index (Phi) is 5.93. The lowest BCUT2D eigenvalue weighted by atomic mass is 9.82. The van der Waals surface area contributed by atoms with Gasteiger partial charge in [0.05, 0.1) is 31.1 Å². The monoisotopic (exact) mass is 365 g/mol. The number of nitrogens with one attached hydrogen (secondary N) is 1. The molecule has 0 spiro atoms. The number of aromatic nitrogens is 1. The zero-order valence-electron chi connectivity index (χ0n) is 15.6. The van der Waals surface area contributed by atoms with Crippen molar-refractivity contribution in [3.63, 3.8) is 0 Å². The maximum atomic E-state index is 12.8. The molecule has 8 nitrogen and oxygen atoms in total. The van der Waals surface area contributed by atoms with E-state index in [2.05, 4.69) is 10.3 Å². The molecule has 0 aromatic carbocycles. The van der Waals surface area contributed by atoms with Crippen LogP contribution < -0.4 is 5.32 Å². The Hall–Kier alpha value is -1.93. The third kappa shape index (κ3) is 4.07. The number of hydrogen-bond donors (Lipinski definition) is 1. The molecular weight excluding hydrogens is 338 g/mol. The average molecular weight is 365 g/mol. The summed E-state index contributed by atoms with van der Waals surface area (Å²) in [5.41, 5.74) is 0.561. The number of hydrogen-bond acceptors (Lipinski definition) is 6. The zero-order valence-corrected chi connectivity index (χ0v) is 15.6. The SMILES string of the molecule is COC1CCC(C(=O)N2CCOCC2)CC1NC(=O)c1oc(C)nc1C. The van der Waals surface area contributed by atoms with Gasteiger partial charge in [-0.3, -0.25) is 9.59 Å². The van der Waals surface area contributed by atoms with Crippen LogP contribution in [0.2, 0.25) is 0 Å². The fraction of sp³-hybridized carbons (Fsp3) is 0.722. The fourth-order valence-corrected chi connectivity index (χ4v) is 3.82. The third-order valence-electron chi connectivity index (χ3n) is 5.19. The van der Waals surface area contributed by atoms with Crippen LogP contribution in [0.5, 0.6) is 0 Å². The zero-order chi connectivity index (χ0) is 18.7. The van der Waals surface area contributed by atoms with Crippen molar-refractivity contribution in [3.05, 3.63) is 17.3 Å². The van der Waals surface area contributed by atoms with E-state index in [4.69, 9.17) is 13.9 Å². The Bertz CT molecular complexity index is 653. The topological polar surface area (TPSA) is 93.9 Å². The van der Waals surface area contributed by atoms with Crippen LogP contribution in [-0.4, -0.2) is 67.3 Å². The maximum absolute atomic E-state index is 12.8. The molecule has 2 fully saturated rings. The van der Waals surface area contributed by atoms with Gasteiger partial charge in [-0.15, -0.1) is 0 Å². The fourth-order valence-electron chi connectivity index (χ4n) is 3.82. The summed E-state index contributed by atoms with van der Waals surface area (Å²) in [6, 6.07) is -0.235. The molecule has 1 aliphatic carbocycles. The number of methoxy groups -OCH3 is 1. The summed E-state index contributed by atoms with van der Waals surface area (Å²) in [7, 11) is 1.64. The lowest BCUT2D eigenvalue weighted by Gasteiger charge is -2.37. The Balaban J connectivity index is 1.66. The number of rotatable bonds is 4. The smallest absolute Gasteiger partial charge is 0.289 e. The quantitative estimate of drug-likeness (QED) is 0.858. The van der Waals surface area contributed by atoms with Crippen LogP contribution in [0, 0.1) is 19.8 Å². The summed E-state index contributed by atoms with van der Waals surface area (Å²) >= 11 is 0. The van der Waals surface area contributed by atoms with Gasteiger partial charge in [0.2, 0.25) is 11.7 Å². The van der Waals surface area contributed by atoms with Gasteiger partial charge in [-0.1, -0.05) is 0 Å². The highest BCUT2D eigenvalue weighted by Gasteiger charge is 2.37. The van der Waals surface area contributed by atoms with E-state index in [1.807, 2.05) is 4.90 Å². The van der Waals surface area contributed by atoms with E-state index >= 15 is 0 Å². The molecule has 26 heavy (non-hydrogen) atoms. The lowest BCUT2D eigenvalue weighted by Crippen LogP contribution is -2.52. The maximum Gasteiger partial charge on any atom is 0.289 e. The van der Waals surface area contributed by atoms with Gasteiger partial charge in [0, 0.05) is 33.0 Å². The first-order valence-electron chi connectivity index (χ1n) is 9.13. The Morgan fingerprint density at radius 1 is 1.23 bits per heavy atom. The van der Waals surface area contributed by atoms with Gasteiger partial charge in [-0.05, 0) is 26.2 Å². The highest BCUT2D eigenvalue weighted by atomic mass is 16.5. The number of nitrogens with zero attached hydrogens (tertiary/aromatic N) is 2. The Morgan fingerprint density at radius 3 is 2.58 bits per heavy atom. The van der Waals surface area contributed by atoms with Crippen molar-refractivity contribution in [1.82, 2.24) is 15.2 Å². The van der Waals surface area contributed by atoms with Gasteiger partial charge in [0.25, 0.3) is 5.91 Å². The van der Waals surface area contributed by atoms with Crippen molar-refractivity contribution < 1.29 is 23.5 Å². The van der Waals surface area contributed by atoms with E-state index in [9.17, 15) is 9.59 Å². The van der Waals surface area contributed by atoms with Crippen molar-refractivity contribution in [3.8, 4) is 0 Å². The molecular formula is C18H27N3O5. The second-order valence-corrected chi connectivity index (χ2v) is 6.95. The molecule has 1 aromatic heterocycles.